The lowest BCUT2D eigenvalue weighted by molar-refractivity contribution is 0.0600. The Morgan fingerprint density at radius 2 is 1.59 bits per heavy atom. The van der Waals surface area contributed by atoms with Crippen LogP contribution in [0.25, 0.3) is 0 Å². The lowest BCUT2D eigenvalue weighted by Crippen LogP contribution is -2.29. The second-order valence-electron chi connectivity index (χ2n) is 6.14. The summed E-state index contributed by atoms with van der Waals surface area (Å²) < 4.78 is 16.1. The van der Waals surface area contributed by atoms with E-state index in [1.165, 1.54) is 7.11 Å². The molecule has 0 radical (unpaired) electrons. The zero-order valence-electron chi connectivity index (χ0n) is 14.7. The SMILES string of the molecule is COC(=O)c1ccc(O[C@H](C)[C@H](C)[C@H](C)C(C)C)c(OC)c1. The highest BCUT2D eigenvalue weighted by atomic mass is 16.5. The number of benzene rings is 1. The summed E-state index contributed by atoms with van der Waals surface area (Å²) in [6.07, 6.45) is 0.0512. The summed E-state index contributed by atoms with van der Waals surface area (Å²) in [7, 11) is 2.92. The third-order valence-electron chi connectivity index (χ3n) is 4.52. The molecule has 3 atom stereocenters. The molecule has 0 aliphatic carbocycles. The van der Waals surface area contributed by atoms with Gasteiger partial charge in [-0.3, -0.25) is 0 Å². The molecule has 1 aromatic rings. The summed E-state index contributed by atoms with van der Waals surface area (Å²) in [6.45, 7) is 11.0. The Balaban J connectivity index is 2.91. The molecule has 0 heterocycles. The predicted octanol–water partition coefficient (Wildman–Crippen LogP) is 4.18. The molecule has 0 aliphatic rings. The van der Waals surface area contributed by atoms with E-state index in [1.54, 1.807) is 25.3 Å². The first-order valence-corrected chi connectivity index (χ1v) is 7.74. The second-order valence-corrected chi connectivity index (χ2v) is 6.14. The van der Waals surface area contributed by atoms with Crippen LogP contribution in [0.1, 0.15) is 45.0 Å². The van der Waals surface area contributed by atoms with Gasteiger partial charge in [0.05, 0.1) is 25.9 Å². The second kappa shape index (κ2) is 8.06. The van der Waals surface area contributed by atoms with Gasteiger partial charge in [0.2, 0.25) is 0 Å². The standard InChI is InChI=1S/C18H28O4/c1-11(2)12(3)13(4)14(5)22-16-9-8-15(18(19)21-7)10-17(16)20-6/h8-14H,1-7H3/t12-,13-,14-/m1/s1. The van der Waals surface area contributed by atoms with Crippen molar-refractivity contribution in [1.29, 1.82) is 0 Å². The zero-order valence-corrected chi connectivity index (χ0v) is 14.7. The maximum absolute atomic E-state index is 11.6. The molecular formula is C18H28O4. The molecule has 0 unspecified atom stereocenters. The van der Waals surface area contributed by atoms with Gasteiger partial charge in [0.15, 0.2) is 11.5 Å². The van der Waals surface area contributed by atoms with Gasteiger partial charge in [-0.2, -0.15) is 0 Å². The van der Waals surface area contributed by atoms with E-state index in [0.717, 1.165) is 0 Å². The van der Waals surface area contributed by atoms with Gasteiger partial charge in [-0.1, -0.05) is 27.7 Å². The molecule has 0 fully saturated rings. The van der Waals surface area contributed by atoms with Crippen LogP contribution in [0.4, 0.5) is 0 Å². The first-order chi connectivity index (χ1) is 10.3. The fraction of sp³-hybridized carbons (Fsp3) is 0.611. The highest BCUT2D eigenvalue weighted by molar-refractivity contribution is 5.90. The molecule has 0 saturated heterocycles. The van der Waals surface area contributed by atoms with Gasteiger partial charge in [-0.15, -0.1) is 0 Å². The van der Waals surface area contributed by atoms with Crippen LogP contribution < -0.4 is 9.47 Å². The van der Waals surface area contributed by atoms with Crippen molar-refractivity contribution < 1.29 is 19.0 Å². The van der Waals surface area contributed by atoms with Crippen molar-refractivity contribution in [2.24, 2.45) is 17.8 Å². The molecule has 4 heteroatoms. The summed E-state index contributed by atoms with van der Waals surface area (Å²) >= 11 is 0. The normalized spacial score (nSPS) is 15.1. The number of rotatable bonds is 7. The molecule has 1 rings (SSSR count). The zero-order chi connectivity index (χ0) is 16.9. The van der Waals surface area contributed by atoms with Gasteiger partial charge >= 0.3 is 5.97 Å². The van der Waals surface area contributed by atoms with Gasteiger partial charge in [-0.25, -0.2) is 4.79 Å². The van der Waals surface area contributed by atoms with Crippen molar-refractivity contribution in [2.75, 3.05) is 14.2 Å². The summed E-state index contributed by atoms with van der Waals surface area (Å²) in [4.78, 5) is 11.6. The third-order valence-corrected chi connectivity index (χ3v) is 4.52. The molecule has 0 saturated carbocycles. The summed E-state index contributed by atoms with van der Waals surface area (Å²) in [6, 6.07) is 5.09. The van der Waals surface area contributed by atoms with Crippen LogP contribution in [0.5, 0.6) is 11.5 Å². The number of esters is 1. The number of ether oxygens (including phenoxy) is 3. The van der Waals surface area contributed by atoms with Gasteiger partial charge < -0.3 is 14.2 Å². The molecule has 0 spiro atoms. The van der Waals surface area contributed by atoms with E-state index in [-0.39, 0.29) is 12.1 Å². The molecule has 1 aromatic carbocycles. The molecule has 124 valence electrons. The topological polar surface area (TPSA) is 44.8 Å². The monoisotopic (exact) mass is 308 g/mol. The number of carbonyl (C=O) groups is 1. The van der Waals surface area contributed by atoms with E-state index in [4.69, 9.17) is 14.2 Å². The Bertz CT molecular complexity index is 496. The Labute approximate surface area is 133 Å². The van der Waals surface area contributed by atoms with Gasteiger partial charge in [0.1, 0.15) is 0 Å². The van der Waals surface area contributed by atoms with Crippen LogP contribution in [0.15, 0.2) is 18.2 Å². The molecule has 0 bridgehead atoms. The van der Waals surface area contributed by atoms with Gasteiger partial charge in [-0.05, 0) is 42.9 Å². The van der Waals surface area contributed by atoms with Crippen LogP contribution in [0.2, 0.25) is 0 Å². The van der Waals surface area contributed by atoms with Crippen LogP contribution in [0.3, 0.4) is 0 Å². The van der Waals surface area contributed by atoms with Crippen molar-refractivity contribution in [1.82, 2.24) is 0 Å². The smallest absolute Gasteiger partial charge is 0.337 e. The largest absolute Gasteiger partial charge is 0.493 e. The predicted molar refractivity (Wildman–Crippen MR) is 87.6 cm³/mol. The fourth-order valence-electron chi connectivity index (χ4n) is 2.35. The third kappa shape index (κ3) is 4.39. The van der Waals surface area contributed by atoms with Crippen LogP contribution >= 0.6 is 0 Å². The molecule has 4 nitrogen and oxygen atoms in total. The van der Waals surface area contributed by atoms with Gasteiger partial charge in [0, 0.05) is 0 Å². The summed E-state index contributed by atoms with van der Waals surface area (Å²) in [5.41, 5.74) is 0.447. The van der Waals surface area contributed by atoms with Crippen molar-refractivity contribution in [3.8, 4) is 11.5 Å². The van der Waals surface area contributed by atoms with Crippen molar-refractivity contribution in [3.05, 3.63) is 23.8 Å². The highest BCUT2D eigenvalue weighted by Crippen LogP contribution is 2.32. The lowest BCUT2D eigenvalue weighted by Gasteiger charge is -2.29. The molecule has 0 amide bonds. The van der Waals surface area contributed by atoms with Crippen molar-refractivity contribution in [3.63, 3.8) is 0 Å². The van der Waals surface area contributed by atoms with Crippen molar-refractivity contribution >= 4 is 5.97 Å². The maximum atomic E-state index is 11.6. The summed E-state index contributed by atoms with van der Waals surface area (Å²) in [5, 5.41) is 0. The van der Waals surface area contributed by atoms with Gasteiger partial charge in [0.25, 0.3) is 0 Å². The van der Waals surface area contributed by atoms with Crippen molar-refractivity contribution in [2.45, 2.75) is 40.7 Å². The number of hydrogen-bond donors (Lipinski definition) is 0. The Kier molecular flexibility index (Phi) is 6.72. The molecule has 0 N–H and O–H groups in total. The fourth-order valence-corrected chi connectivity index (χ4v) is 2.35. The molecule has 0 aliphatic heterocycles. The Hall–Kier alpha value is -1.71. The average molecular weight is 308 g/mol. The minimum Gasteiger partial charge on any atom is -0.493 e. The Morgan fingerprint density at radius 3 is 2.09 bits per heavy atom. The average Bonchev–Trinajstić information content (AvgIpc) is 2.52. The first-order valence-electron chi connectivity index (χ1n) is 7.74. The van der Waals surface area contributed by atoms with Crippen LogP contribution in [0, 0.1) is 17.8 Å². The minimum absolute atomic E-state index is 0.0512. The molecule has 22 heavy (non-hydrogen) atoms. The van der Waals surface area contributed by atoms with Crippen LogP contribution in [-0.2, 0) is 4.74 Å². The van der Waals surface area contributed by atoms with E-state index in [9.17, 15) is 4.79 Å². The molecule has 0 aromatic heterocycles. The quantitative estimate of drug-likeness (QED) is 0.709. The van der Waals surface area contributed by atoms with E-state index in [2.05, 4.69) is 34.6 Å². The van der Waals surface area contributed by atoms with E-state index in [0.29, 0.717) is 34.8 Å². The first kappa shape index (κ1) is 18.3. The van der Waals surface area contributed by atoms with E-state index in [1.807, 2.05) is 0 Å². The molecular weight excluding hydrogens is 280 g/mol. The summed E-state index contributed by atoms with van der Waals surface area (Å²) in [5.74, 6) is 2.36. The van der Waals surface area contributed by atoms with E-state index < -0.39 is 0 Å². The lowest BCUT2D eigenvalue weighted by atomic mass is 9.83. The van der Waals surface area contributed by atoms with E-state index >= 15 is 0 Å². The number of carbonyl (C=O) groups excluding carboxylic acids is 1. The highest BCUT2D eigenvalue weighted by Gasteiger charge is 2.24. The Morgan fingerprint density at radius 1 is 0.955 bits per heavy atom. The number of methoxy groups -OCH3 is 2. The minimum atomic E-state index is -0.389. The maximum Gasteiger partial charge on any atom is 0.337 e. The number of hydrogen-bond acceptors (Lipinski definition) is 4. The van der Waals surface area contributed by atoms with Crippen LogP contribution in [-0.4, -0.2) is 26.3 Å².